The quantitative estimate of drug-likeness (QED) is 0.752. The number of aliphatic hydroxyl groups excluding tert-OH is 1. The van der Waals surface area contributed by atoms with Crippen LogP contribution >= 0.6 is 0 Å². The van der Waals surface area contributed by atoms with Crippen LogP contribution in [-0.4, -0.2) is 38.4 Å². The molecule has 0 saturated carbocycles. The molecule has 0 fully saturated rings. The van der Waals surface area contributed by atoms with Crippen molar-refractivity contribution in [1.29, 1.82) is 0 Å². The first-order chi connectivity index (χ1) is 10.3. The van der Waals surface area contributed by atoms with Gasteiger partial charge >= 0.3 is 0 Å². The van der Waals surface area contributed by atoms with Crippen LogP contribution in [0.4, 0.5) is 0 Å². The van der Waals surface area contributed by atoms with E-state index in [1.54, 1.807) is 11.0 Å². The highest BCUT2D eigenvalue weighted by atomic mass is 16.3. The zero-order valence-electron chi connectivity index (χ0n) is 11.9. The Bertz CT molecular complexity index is 528. The number of hydrogen-bond acceptors (Lipinski definition) is 4. The van der Waals surface area contributed by atoms with Gasteiger partial charge in [-0.05, 0) is 18.4 Å². The molecule has 2 N–H and O–H groups in total. The van der Waals surface area contributed by atoms with Crippen molar-refractivity contribution in [1.82, 2.24) is 20.1 Å². The molecule has 2 aromatic rings. The summed E-state index contributed by atoms with van der Waals surface area (Å²) in [6.07, 6.45) is 4.83. The van der Waals surface area contributed by atoms with Gasteiger partial charge in [-0.25, -0.2) is 4.98 Å². The third-order valence-electron chi connectivity index (χ3n) is 3.17. The van der Waals surface area contributed by atoms with Crippen LogP contribution < -0.4 is 5.32 Å². The third kappa shape index (κ3) is 5.35. The summed E-state index contributed by atoms with van der Waals surface area (Å²) in [5, 5.41) is 16.2. The molecule has 0 bridgehead atoms. The van der Waals surface area contributed by atoms with E-state index in [4.69, 9.17) is 0 Å². The van der Waals surface area contributed by atoms with E-state index in [2.05, 4.69) is 15.4 Å². The van der Waals surface area contributed by atoms with E-state index in [0.29, 0.717) is 25.8 Å². The third-order valence-corrected chi connectivity index (χ3v) is 3.17. The molecule has 112 valence electrons. The molecule has 6 nitrogen and oxygen atoms in total. The van der Waals surface area contributed by atoms with Crippen LogP contribution in [0.25, 0.3) is 0 Å². The van der Waals surface area contributed by atoms with Gasteiger partial charge in [0, 0.05) is 13.0 Å². The number of amides is 1. The predicted molar refractivity (Wildman–Crippen MR) is 78.4 cm³/mol. The molecular formula is C15H20N4O2. The van der Waals surface area contributed by atoms with Crippen molar-refractivity contribution in [2.75, 3.05) is 6.61 Å². The molecule has 0 spiro atoms. The molecule has 1 heterocycles. The minimum atomic E-state index is -0.244. The van der Waals surface area contributed by atoms with Crippen LogP contribution in [0.2, 0.25) is 0 Å². The Balaban J connectivity index is 1.72. The summed E-state index contributed by atoms with van der Waals surface area (Å²) in [4.78, 5) is 15.7. The lowest BCUT2D eigenvalue weighted by molar-refractivity contribution is -0.122. The number of nitrogens with one attached hydrogen (secondary N) is 1. The van der Waals surface area contributed by atoms with Crippen molar-refractivity contribution in [2.24, 2.45) is 0 Å². The Hall–Kier alpha value is -2.21. The number of benzene rings is 1. The van der Waals surface area contributed by atoms with E-state index in [1.807, 2.05) is 30.3 Å². The average Bonchev–Trinajstić information content (AvgIpc) is 3.01. The van der Waals surface area contributed by atoms with Crippen LogP contribution in [0.5, 0.6) is 0 Å². The fraction of sp³-hybridized carbons (Fsp3) is 0.400. The van der Waals surface area contributed by atoms with E-state index < -0.39 is 0 Å². The first kappa shape index (κ1) is 15.2. The number of hydrogen-bond donors (Lipinski definition) is 2. The highest BCUT2D eigenvalue weighted by Gasteiger charge is 2.11. The monoisotopic (exact) mass is 288 g/mol. The number of rotatable bonds is 8. The first-order valence-electron chi connectivity index (χ1n) is 7.04. The molecule has 0 aliphatic carbocycles. The topological polar surface area (TPSA) is 80.0 Å². The molecular weight excluding hydrogens is 268 g/mol. The van der Waals surface area contributed by atoms with Crippen LogP contribution in [0.15, 0.2) is 43.0 Å². The maximum atomic E-state index is 11.9. The number of aromatic nitrogens is 3. The van der Waals surface area contributed by atoms with Crippen LogP contribution in [0.1, 0.15) is 18.4 Å². The zero-order valence-corrected chi connectivity index (χ0v) is 11.9. The van der Waals surface area contributed by atoms with Gasteiger partial charge in [0.2, 0.25) is 5.91 Å². The predicted octanol–water partition coefficient (Wildman–Crippen LogP) is 0.778. The van der Waals surface area contributed by atoms with Gasteiger partial charge in [-0.3, -0.25) is 9.48 Å². The molecule has 0 aliphatic rings. The number of nitrogens with zero attached hydrogens (tertiary/aromatic N) is 3. The second kappa shape index (κ2) is 8.16. The highest BCUT2D eigenvalue weighted by molar-refractivity contribution is 5.76. The molecule has 2 rings (SSSR count). The van der Waals surface area contributed by atoms with Crippen molar-refractivity contribution in [3.05, 3.63) is 48.5 Å². The number of carbonyl (C=O) groups is 1. The number of carbonyl (C=O) groups excluding carboxylic acids is 1. The fourth-order valence-corrected chi connectivity index (χ4v) is 2.11. The molecule has 1 aromatic carbocycles. The Morgan fingerprint density at radius 1 is 1.33 bits per heavy atom. The molecule has 6 heteroatoms. The molecule has 21 heavy (non-hydrogen) atoms. The first-order valence-corrected chi connectivity index (χ1v) is 7.04. The average molecular weight is 288 g/mol. The summed E-state index contributed by atoms with van der Waals surface area (Å²) in [5.41, 5.74) is 1.10. The Kier molecular flexibility index (Phi) is 5.90. The molecule has 1 atom stereocenters. The van der Waals surface area contributed by atoms with Gasteiger partial charge in [0.1, 0.15) is 12.7 Å². The second-order valence-electron chi connectivity index (χ2n) is 4.90. The van der Waals surface area contributed by atoms with Crippen molar-refractivity contribution in [3.8, 4) is 0 Å². The summed E-state index contributed by atoms with van der Waals surface area (Å²) in [7, 11) is 0. The maximum Gasteiger partial charge on any atom is 0.220 e. The molecule has 1 amide bonds. The van der Waals surface area contributed by atoms with Crippen LogP contribution in [0, 0.1) is 0 Å². The Morgan fingerprint density at radius 2 is 2.14 bits per heavy atom. The van der Waals surface area contributed by atoms with Gasteiger partial charge in [-0.1, -0.05) is 30.3 Å². The number of aliphatic hydroxyl groups is 1. The highest BCUT2D eigenvalue weighted by Crippen LogP contribution is 2.03. The normalized spacial score (nSPS) is 12.0. The standard InChI is InChI=1S/C15H20N4O2/c20-10-14(9-13-5-2-1-3-6-13)18-15(21)7-4-8-19-12-16-11-17-19/h1-3,5-6,11-12,14,20H,4,7-10H2,(H,18,21)/t14-/m1/s1. The van der Waals surface area contributed by atoms with Gasteiger partial charge in [-0.15, -0.1) is 0 Å². The van der Waals surface area contributed by atoms with Crippen molar-refractivity contribution >= 4 is 5.91 Å². The molecule has 0 radical (unpaired) electrons. The Labute approximate surface area is 123 Å². The molecule has 0 unspecified atom stereocenters. The summed E-state index contributed by atoms with van der Waals surface area (Å²) in [5.74, 6) is -0.0508. The summed E-state index contributed by atoms with van der Waals surface area (Å²) < 4.78 is 1.70. The number of aryl methyl sites for hydroxylation is 1. The lowest BCUT2D eigenvalue weighted by atomic mass is 10.1. The fourth-order valence-electron chi connectivity index (χ4n) is 2.11. The van der Waals surface area contributed by atoms with E-state index in [9.17, 15) is 9.90 Å². The van der Waals surface area contributed by atoms with E-state index in [1.165, 1.54) is 6.33 Å². The summed E-state index contributed by atoms with van der Waals surface area (Å²) in [6.45, 7) is 0.597. The van der Waals surface area contributed by atoms with Gasteiger partial charge in [0.25, 0.3) is 0 Å². The van der Waals surface area contributed by atoms with Gasteiger partial charge in [0.05, 0.1) is 12.6 Å². The van der Waals surface area contributed by atoms with Gasteiger partial charge in [-0.2, -0.15) is 5.10 Å². The largest absolute Gasteiger partial charge is 0.394 e. The van der Waals surface area contributed by atoms with Crippen molar-refractivity contribution < 1.29 is 9.90 Å². The molecule has 0 saturated heterocycles. The van der Waals surface area contributed by atoms with Crippen LogP contribution in [0.3, 0.4) is 0 Å². The summed E-state index contributed by atoms with van der Waals surface area (Å²) >= 11 is 0. The van der Waals surface area contributed by atoms with E-state index >= 15 is 0 Å². The lowest BCUT2D eigenvalue weighted by Crippen LogP contribution is -2.39. The molecule has 1 aromatic heterocycles. The lowest BCUT2D eigenvalue weighted by Gasteiger charge is -2.16. The maximum absolute atomic E-state index is 11.9. The smallest absolute Gasteiger partial charge is 0.220 e. The molecule has 0 aliphatic heterocycles. The second-order valence-corrected chi connectivity index (χ2v) is 4.90. The van der Waals surface area contributed by atoms with E-state index in [0.717, 1.165) is 5.56 Å². The van der Waals surface area contributed by atoms with Crippen LogP contribution in [-0.2, 0) is 17.8 Å². The van der Waals surface area contributed by atoms with Crippen molar-refractivity contribution in [3.63, 3.8) is 0 Å². The minimum Gasteiger partial charge on any atom is -0.394 e. The van der Waals surface area contributed by atoms with E-state index in [-0.39, 0.29) is 18.6 Å². The van der Waals surface area contributed by atoms with Gasteiger partial charge in [0.15, 0.2) is 0 Å². The van der Waals surface area contributed by atoms with Crippen molar-refractivity contribution in [2.45, 2.75) is 31.8 Å². The zero-order chi connectivity index (χ0) is 14.9. The van der Waals surface area contributed by atoms with Gasteiger partial charge < -0.3 is 10.4 Å². The Morgan fingerprint density at radius 3 is 2.81 bits per heavy atom. The SMILES string of the molecule is O=C(CCCn1cncn1)N[C@@H](CO)Cc1ccccc1. The minimum absolute atomic E-state index is 0.0508. The summed E-state index contributed by atoms with van der Waals surface area (Å²) in [6, 6.07) is 9.57.